The molecule has 0 spiro atoms. The summed E-state index contributed by atoms with van der Waals surface area (Å²) < 4.78 is 37.2. The van der Waals surface area contributed by atoms with E-state index in [0.717, 1.165) is 25.0 Å². The van der Waals surface area contributed by atoms with E-state index in [1.807, 2.05) is 0 Å². The van der Waals surface area contributed by atoms with Gasteiger partial charge in [-0.15, -0.1) is 0 Å². The number of hydrogen-bond donors (Lipinski definition) is 1. The van der Waals surface area contributed by atoms with Crippen LogP contribution in [0, 0.1) is 17.6 Å². The van der Waals surface area contributed by atoms with Crippen molar-refractivity contribution in [3.05, 3.63) is 53.6 Å². The van der Waals surface area contributed by atoms with Crippen molar-refractivity contribution in [3.8, 4) is 11.5 Å². The second-order valence-corrected chi connectivity index (χ2v) is 7.49. The standard InChI is InChI=1S/C22H20F2N2O5/c23-15-4-6-19(16(24)8-15)30-11-18(27)14-3-5-20-17(7-14)26(22(29)12-31-20)10-21(28)25-9-13-1-2-13/h3-8,13H,1-2,9-12H2,(H,25,28). The van der Waals surface area contributed by atoms with Crippen LogP contribution in [0.5, 0.6) is 11.5 Å². The number of carbonyl (C=O) groups excluding carboxylic acids is 3. The van der Waals surface area contributed by atoms with Crippen molar-refractivity contribution in [3.63, 3.8) is 0 Å². The Hall–Kier alpha value is -3.49. The Morgan fingerprint density at radius 3 is 2.71 bits per heavy atom. The van der Waals surface area contributed by atoms with Gasteiger partial charge in [0.2, 0.25) is 5.91 Å². The Morgan fingerprint density at radius 2 is 1.97 bits per heavy atom. The average molecular weight is 430 g/mol. The minimum Gasteiger partial charge on any atom is -0.482 e. The van der Waals surface area contributed by atoms with Gasteiger partial charge in [0.1, 0.15) is 18.1 Å². The molecule has 1 saturated carbocycles. The van der Waals surface area contributed by atoms with Crippen molar-refractivity contribution in [2.75, 3.05) is 31.2 Å². The molecule has 0 aromatic heterocycles. The highest BCUT2D eigenvalue weighted by molar-refractivity contribution is 6.04. The molecule has 1 fully saturated rings. The number of anilines is 1. The fraction of sp³-hybridized carbons (Fsp3) is 0.318. The van der Waals surface area contributed by atoms with Crippen LogP contribution in [-0.4, -0.2) is 43.9 Å². The summed E-state index contributed by atoms with van der Waals surface area (Å²) in [5.74, 6) is -2.22. The zero-order chi connectivity index (χ0) is 22.0. The van der Waals surface area contributed by atoms with Crippen LogP contribution >= 0.6 is 0 Å². The molecule has 2 aromatic rings. The predicted molar refractivity (Wildman–Crippen MR) is 106 cm³/mol. The minimum absolute atomic E-state index is 0.184. The van der Waals surface area contributed by atoms with E-state index in [4.69, 9.17) is 9.47 Å². The maximum absolute atomic E-state index is 13.7. The molecule has 9 heteroatoms. The van der Waals surface area contributed by atoms with Crippen LogP contribution in [0.4, 0.5) is 14.5 Å². The normalized spacial score (nSPS) is 15.2. The molecule has 1 heterocycles. The van der Waals surface area contributed by atoms with E-state index in [9.17, 15) is 23.2 Å². The first-order valence-electron chi connectivity index (χ1n) is 9.85. The summed E-state index contributed by atoms with van der Waals surface area (Å²) >= 11 is 0. The summed E-state index contributed by atoms with van der Waals surface area (Å²) in [5.41, 5.74) is 0.500. The second kappa shape index (κ2) is 8.71. The van der Waals surface area contributed by atoms with Gasteiger partial charge in [0.05, 0.1) is 5.69 Å². The molecule has 1 aliphatic heterocycles. The van der Waals surface area contributed by atoms with Crippen molar-refractivity contribution in [2.45, 2.75) is 12.8 Å². The highest BCUT2D eigenvalue weighted by Gasteiger charge is 2.29. The van der Waals surface area contributed by atoms with E-state index in [-0.39, 0.29) is 30.4 Å². The molecule has 0 saturated heterocycles. The first-order valence-corrected chi connectivity index (χ1v) is 9.85. The Balaban J connectivity index is 1.46. The number of ketones is 1. The fourth-order valence-electron chi connectivity index (χ4n) is 3.15. The Labute approximate surface area is 176 Å². The summed E-state index contributed by atoms with van der Waals surface area (Å²) in [6, 6.07) is 7.24. The molecule has 4 rings (SSSR count). The number of amides is 2. The molecule has 1 aliphatic carbocycles. The van der Waals surface area contributed by atoms with Gasteiger partial charge < -0.3 is 14.8 Å². The molecule has 0 bridgehead atoms. The van der Waals surface area contributed by atoms with Gasteiger partial charge in [-0.3, -0.25) is 19.3 Å². The molecular formula is C22H20F2N2O5. The SMILES string of the molecule is O=C(CN1C(=O)COc2ccc(C(=O)COc3ccc(F)cc3F)cc21)NCC1CC1. The molecule has 0 unspecified atom stereocenters. The summed E-state index contributed by atoms with van der Waals surface area (Å²) in [5, 5.41) is 2.81. The van der Waals surface area contributed by atoms with Crippen LogP contribution in [0.1, 0.15) is 23.2 Å². The smallest absolute Gasteiger partial charge is 0.265 e. The van der Waals surface area contributed by atoms with Crippen LogP contribution in [0.2, 0.25) is 0 Å². The van der Waals surface area contributed by atoms with Crippen LogP contribution in [0.3, 0.4) is 0 Å². The van der Waals surface area contributed by atoms with E-state index >= 15 is 0 Å². The third-order valence-electron chi connectivity index (χ3n) is 5.06. The zero-order valence-electron chi connectivity index (χ0n) is 16.5. The molecule has 31 heavy (non-hydrogen) atoms. The van der Waals surface area contributed by atoms with Gasteiger partial charge in [0.15, 0.2) is 30.6 Å². The lowest BCUT2D eigenvalue weighted by molar-refractivity contribution is -0.125. The van der Waals surface area contributed by atoms with Crippen LogP contribution in [0.25, 0.3) is 0 Å². The van der Waals surface area contributed by atoms with Gasteiger partial charge in [-0.25, -0.2) is 8.78 Å². The summed E-state index contributed by atoms with van der Waals surface area (Å²) in [6.07, 6.45) is 2.18. The molecule has 2 aliphatic rings. The number of benzene rings is 2. The number of nitrogens with zero attached hydrogens (tertiary/aromatic N) is 1. The van der Waals surface area contributed by atoms with Crippen LogP contribution < -0.4 is 19.7 Å². The van der Waals surface area contributed by atoms with Gasteiger partial charge in [-0.05, 0) is 49.1 Å². The Kier molecular flexibility index (Phi) is 5.83. The Bertz CT molecular complexity index is 1040. The topological polar surface area (TPSA) is 84.9 Å². The number of nitrogens with one attached hydrogen (secondary N) is 1. The first-order chi connectivity index (χ1) is 14.9. The monoisotopic (exact) mass is 430 g/mol. The third-order valence-corrected chi connectivity index (χ3v) is 5.06. The van der Waals surface area contributed by atoms with Gasteiger partial charge in [0, 0.05) is 18.2 Å². The van der Waals surface area contributed by atoms with Gasteiger partial charge >= 0.3 is 0 Å². The van der Waals surface area contributed by atoms with Gasteiger partial charge in [0.25, 0.3) is 5.91 Å². The van der Waals surface area contributed by atoms with Crippen LogP contribution in [-0.2, 0) is 9.59 Å². The molecule has 2 amide bonds. The van der Waals surface area contributed by atoms with E-state index in [0.29, 0.717) is 30.0 Å². The lowest BCUT2D eigenvalue weighted by Crippen LogP contribution is -2.45. The van der Waals surface area contributed by atoms with E-state index in [2.05, 4.69) is 5.32 Å². The first kappa shape index (κ1) is 20.8. The number of fused-ring (bicyclic) bond motifs is 1. The second-order valence-electron chi connectivity index (χ2n) is 7.49. The predicted octanol–water partition coefficient (Wildman–Crippen LogP) is 2.48. The van der Waals surface area contributed by atoms with Crippen molar-refractivity contribution < 1.29 is 32.6 Å². The minimum atomic E-state index is -0.916. The van der Waals surface area contributed by atoms with Crippen molar-refractivity contribution in [1.29, 1.82) is 0 Å². The van der Waals surface area contributed by atoms with Crippen molar-refractivity contribution in [1.82, 2.24) is 5.32 Å². The van der Waals surface area contributed by atoms with Crippen molar-refractivity contribution >= 4 is 23.3 Å². The van der Waals surface area contributed by atoms with E-state index < -0.39 is 29.9 Å². The Morgan fingerprint density at radius 1 is 1.16 bits per heavy atom. The number of halogens is 2. The number of hydrogen-bond acceptors (Lipinski definition) is 5. The summed E-state index contributed by atoms with van der Waals surface area (Å²) in [6.45, 7) is -0.294. The maximum atomic E-state index is 13.7. The quantitative estimate of drug-likeness (QED) is 0.651. The summed E-state index contributed by atoms with van der Waals surface area (Å²) in [4.78, 5) is 38.4. The lowest BCUT2D eigenvalue weighted by Gasteiger charge is -2.29. The largest absolute Gasteiger partial charge is 0.482 e. The van der Waals surface area contributed by atoms with Crippen molar-refractivity contribution in [2.24, 2.45) is 5.92 Å². The molecule has 1 N–H and O–H groups in total. The number of ether oxygens (including phenoxy) is 2. The zero-order valence-corrected chi connectivity index (χ0v) is 16.5. The molecular weight excluding hydrogens is 410 g/mol. The third kappa shape index (κ3) is 4.99. The van der Waals surface area contributed by atoms with Crippen LogP contribution in [0.15, 0.2) is 36.4 Å². The molecule has 162 valence electrons. The number of Topliss-reactive ketones (excluding diaryl/α,β-unsaturated/α-hetero) is 1. The highest BCUT2D eigenvalue weighted by atomic mass is 19.1. The van der Waals surface area contributed by atoms with Gasteiger partial charge in [-0.1, -0.05) is 0 Å². The van der Waals surface area contributed by atoms with E-state index in [1.54, 1.807) is 0 Å². The van der Waals surface area contributed by atoms with Gasteiger partial charge in [-0.2, -0.15) is 0 Å². The molecule has 0 radical (unpaired) electrons. The number of carbonyl (C=O) groups is 3. The summed E-state index contributed by atoms with van der Waals surface area (Å²) in [7, 11) is 0. The fourth-order valence-corrected chi connectivity index (χ4v) is 3.15. The number of rotatable bonds is 8. The lowest BCUT2D eigenvalue weighted by atomic mass is 10.1. The molecule has 7 nitrogen and oxygen atoms in total. The molecule has 2 aromatic carbocycles. The highest BCUT2D eigenvalue weighted by Crippen LogP contribution is 2.33. The molecule has 0 atom stereocenters. The maximum Gasteiger partial charge on any atom is 0.265 e. The van der Waals surface area contributed by atoms with E-state index in [1.165, 1.54) is 23.1 Å². The average Bonchev–Trinajstić information content (AvgIpc) is 3.58.